The standard InChI is InChI=1S/C25H29NO5/c1-17(26-23(28)15-8-18-6-13-21(30-5)14-7-18)24(29)31-16-22(27)19-9-11-20(12-10-19)25(2,3)4/h6-15,17H,16H2,1-5H3,(H,26,28)/b15-8+/t17-/m0/s1. The van der Waals surface area contributed by atoms with Crippen LogP contribution in [0.25, 0.3) is 6.08 Å². The summed E-state index contributed by atoms with van der Waals surface area (Å²) in [5, 5.41) is 2.52. The Balaban J connectivity index is 1.82. The Morgan fingerprint density at radius 2 is 1.61 bits per heavy atom. The third kappa shape index (κ3) is 7.41. The molecule has 0 aliphatic carbocycles. The maximum atomic E-state index is 12.3. The molecule has 0 bridgehead atoms. The zero-order valence-corrected chi connectivity index (χ0v) is 18.6. The van der Waals surface area contributed by atoms with Crippen molar-refractivity contribution in [2.75, 3.05) is 13.7 Å². The summed E-state index contributed by atoms with van der Waals surface area (Å²) in [5.74, 6) is -0.695. The van der Waals surface area contributed by atoms with Crippen molar-refractivity contribution >= 4 is 23.7 Å². The molecule has 164 valence electrons. The molecule has 0 radical (unpaired) electrons. The van der Waals surface area contributed by atoms with Gasteiger partial charge in [0.25, 0.3) is 0 Å². The second-order valence-corrected chi connectivity index (χ2v) is 8.20. The smallest absolute Gasteiger partial charge is 0.328 e. The highest BCUT2D eigenvalue weighted by Gasteiger charge is 2.19. The highest BCUT2D eigenvalue weighted by atomic mass is 16.5. The summed E-state index contributed by atoms with van der Waals surface area (Å²) >= 11 is 0. The van der Waals surface area contributed by atoms with Crippen LogP contribution < -0.4 is 10.1 Å². The summed E-state index contributed by atoms with van der Waals surface area (Å²) in [5.41, 5.74) is 2.39. The molecule has 0 spiro atoms. The first-order chi connectivity index (χ1) is 14.6. The summed E-state index contributed by atoms with van der Waals surface area (Å²) in [7, 11) is 1.58. The van der Waals surface area contributed by atoms with Crippen molar-refractivity contribution in [2.24, 2.45) is 0 Å². The lowest BCUT2D eigenvalue weighted by atomic mass is 9.86. The Bertz CT molecular complexity index is 937. The van der Waals surface area contributed by atoms with Crippen LogP contribution in [0, 0.1) is 0 Å². The number of amides is 1. The molecule has 0 saturated heterocycles. The molecule has 1 atom stereocenters. The average molecular weight is 424 g/mol. The van der Waals surface area contributed by atoms with Crippen LogP contribution in [0.3, 0.4) is 0 Å². The zero-order chi connectivity index (χ0) is 23.0. The van der Waals surface area contributed by atoms with Gasteiger partial charge in [0.05, 0.1) is 7.11 Å². The van der Waals surface area contributed by atoms with Gasteiger partial charge >= 0.3 is 5.97 Å². The van der Waals surface area contributed by atoms with E-state index in [1.165, 1.54) is 13.0 Å². The third-order valence-electron chi connectivity index (χ3n) is 4.67. The molecule has 6 nitrogen and oxygen atoms in total. The van der Waals surface area contributed by atoms with E-state index in [-0.39, 0.29) is 17.8 Å². The molecule has 2 rings (SSSR count). The van der Waals surface area contributed by atoms with Crippen molar-refractivity contribution in [3.05, 3.63) is 71.3 Å². The lowest BCUT2D eigenvalue weighted by Crippen LogP contribution is -2.39. The first-order valence-corrected chi connectivity index (χ1v) is 10.0. The van der Waals surface area contributed by atoms with Gasteiger partial charge in [0.2, 0.25) is 5.91 Å². The van der Waals surface area contributed by atoms with Gasteiger partial charge in [-0.25, -0.2) is 4.79 Å². The number of methoxy groups -OCH3 is 1. The van der Waals surface area contributed by atoms with Gasteiger partial charge < -0.3 is 14.8 Å². The molecule has 0 fully saturated rings. The molecule has 0 aromatic heterocycles. The van der Waals surface area contributed by atoms with Crippen molar-refractivity contribution in [1.82, 2.24) is 5.32 Å². The molecular weight excluding hydrogens is 394 g/mol. The Morgan fingerprint density at radius 3 is 2.16 bits per heavy atom. The quantitative estimate of drug-likeness (QED) is 0.395. The lowest BCUT2D eigenvalue weighted by Gasteiger charge is -2.19. The Morgan fingerprint density at radius 1 is 1.00 bits per heavy atom. The van der Waals surface area contributed by atoms with E-state index in [4.69, 9.17) is 9.47 Å². The van der Waals surface area contributed by atoms with E-state index >= 15 is 0 Å². The number of ether oxygens (including phenoxy) is 2. The fourth-order valence-corrected chi connectivity index (χ4v) is 2.71. The number of carbonyl (C=O) groups excluding carboxylic acids is 3. The number of esters is 1. The minimum atomic E-state index is -0.885. The average Bonchev–Trinajstić information content (AvgIpc) is 2.75. The topological polar surface area (TPSA) is 81.7 Å². The molecule has 1 N–H and O–H groups in total. The molecule has 2 aromatic rings. The van der Waals surface area contributed by atoms with Gasteiger partial charge in [-0.2, -0.15) is 0 Å². The summed E-state index contributed by atoms with van der Waals surface area (Å²) in [6.45, 7) is 7.40. The molecular formula is C25H29NO5. The van der Waals surface area contributed by atoms with Crippen LogP contribution in [0.4, 0.5) is 0 Å². The Kier molecular flexibility index (Phi) is 8.14. The molecule has 31 heavy (non-hydrogen) atoms. The summed E-state index contributed by atoms with van der Waals surface area (Å²) < 4.78 is 10.1. The summed E-state index contributed by atoms with van der Waals surface area (Å²) in [6, 6.07) is 13.5. The number of carbonyl (C=O) groups is 3. The Hall–Kier alpha value is -3.41. The van der Waals surface area contributed by atoms with E-state index in [2.05, 4.69) is 26.1 Å². The third-order valence-corrected chi connectivity index (χ3v) is 4.67. The molecule has 6 heteroatoms. The van der Waals surface area contributed by atoms with Crippen molar-refractivity contribution in [3.8, 4) is 5.75 Å². The van der Waals surface area contributed by atoms with Crippen LogP contribution in [0.5, 0.6) is 5.75 Å². The van der Waals surface area contributed by atoms with Gasteiger partial charge in [-0.1, -0.05) is 57.2 Å². The number of rotatable bonds is 8. The number of Topliss-reactive ketones (excluding diaryl/α,β-unsaturated/α-hetero) is 1. The number of benzene rings is 2. The van der Waals surface area contributed by atoms with Crippen molar-refractivity contribution in [3.63, 3.8) is 0 Å². The van der Waals surface area contributed by atoms with Crippen molar-refractivity contribution in [2.45, 2.75) is 39.2 Å². The van der Waals surface area contributed by atoms with Gasteiger partial charge in [-0.05, 0) is 41.7 Å². The Labute approximate surface area is 183 Å². The van der Waals surface area contributed by atoms with Gasteiger partial charge in [-0.3, -0.25) is 9.59 Å². The van der Waals surface area contributed by atoms with Gasteiger partial charge in [0.15, 0.2) is 12.4 Å². The molecule has 0 aliphatic rings. The van der Waals surface area contributed by atoms with E-state index in [1.807, 2.05) is 12.1 Å². The van der Waals surface area contributed by atoms with E-state index in [0.29, 0.717) is 5.56 Å². The normalized spacial score (nSPS) is 12.3. The maximum Gasteiger partial charge on any atom is 0.328 e. The van der Waals surface area contributed by atoms with Crippen LogP contribution >= 0.6 is 0 Å². The van der Waals surface area contributed by atoms with Crippen LogP contribution in [-0.4, -0.2) is 37.4 Å². The summed E-state index contributed by atoms with van der Waals surface area (Å²) in [6.07, 6.45) is 2.95. The van der Waals surface area contributed by atoms with E-state index in [0.717, 1.165) is 16.9 Å². The van der Waals surface area contributed by atoms with Crippen LogP contribution in [0.15, 0.2) is 54.6 Å². The van der Waals surface area contributed by atoms with E-state index < -0.39 is 17.9 Å². The number of hydrogen-bond acceptors (Lipinski definition) is 5. The molecule has 0 heterocycles. The van der Waals surface area contributed by atoms with Crippen LogP contribution in [-0.2, 0) is 19.7 Å². The predicted octanol–water partition coefficient (Wildman–Crippen LogP) is 3.94. The van der Waals surface area contributed by atoms with Gasteiger partial charge in [0.1, 0.15) is 11.8 Å². The van der Waals surface area contributed by atoms with E-state index in [1.54, 1.807) is 49.6 Å². The SMILES string of the molecule is COc1ccc(/C=C/C(=O)N[C@@H](C)C(=O)OCC(=O)c2ccc(C(C)(C)C)cc2)cc1. The lowest BCUT2D eigenvalue weighted by molar-refractivity contribution is -0.145. The van der Waals surface area contributed by atoms with Crippen LogP contribution in [0.2, 0.25) is 0 Å². The van der Waals surface area contributed by atoms with Crippen molar-refractivity contribution in [1.29, 1.82) is 0 Å². The summed E-state index contributed by atoms with van der Waals surface area (Å²) in [4.78, 5) is 36.4. The minimum Gasteiger partial charge on any atom is -0.497 e. The monoisotopic (exact) mass is 423 g/mol. The highest BCUT2D eigenvalue weighted by Crippen LogP contribution is 2.22. The number of hydrogen-bond donors (Lipinski definition) is 1. The first-order valence-electron chi connectivity index (χ1n) is 10.0. The molecule has 1 amide bonds. The molecule has 0 aliphatic heterocycles. The fraction of sp³-hybridized carbons (Fsp3) is 0.320. The fourth-order valence-electron chi connectivity index (χ4n) is 2.71. The maximum absolute atomic E-state index is 12.3. The molecule has 0 saturated carbocycles. The van der Waals surface area contributed by atoms with Gasteiger partial charge in [0, 0.05) is 11.6 Å². The first kappa shape index (κ1) is 23.9. The zero-order valence-electron chi connectivity index (χ0n) is 18.6. The second-order valence-electron chi connectivity index (χ2n) is 8.20. The van der Waals surface area contributed by atoms with Crippen molar-refractivity contribution < 1.29 is 23.9 Å². The minimum absolute atomic E-state index is 0.0104. The van der Waals surface area contributed by atoms with E-state index in [9.17, 15) is 14.4 Å². The predicted molar refractivity (Wildman–Crippen MR) is 120 cm³/mol. The second kappa shape index (κ2) is 10.6. The van der Waals surface area contributed by atoms with Crippen LogP contribution in [0.1, 0.15) is 49.2 Å². The number of ketones is 1. The largest absolute Gasteiger partial charge is 0.497 e. The molecule has 0 unspecified atom stereocenters. The highest BCUT2D eigenvalue weighted by molar-refractivity contribution is 5.98. The number of nitrogens with one attached hydrogen (secondary N) is 1. The van der Waals surface area contributed by atoms with Gasteiger partial charge in [-0.15, -0.1) is 0 Å². The molecule has 2 aromatic carbocycles.